The molecule has 0 spiro atoms. The van der Waals surface area contributed by atoms with Crippen LogP contribution in [0.3, 0.4) is 0 Å². The smallest absolute Gasteiger partial charge is 0.255 e. The van der Waals surface area contributed by atoms with Crippen LogP contribution in [-0.4, -0.2) is 18.8 Å². The van der Waals surface area contributed by atoms with Crippen molar-refractivity contribution in [1.82, 2.24) is 5.32 Å². The van der Waals surface area contributed by atoms with Crippen LogP contribution in [0, 0.1) is 0 Å². The SMILES string of the molecule is C[C@@H]1Oc2c(C(=O)NCc3ccc4c(c3)OCO4)cccc2[C@H]1C. The van der Waals surface area contributed by atoms with Crippen molar-refractivity contribution >= 4 is 5.91 Å². The highest BCUT2D eigenvalue weighted by Gasteiger charge is 2.31. The second kappa shape index (κ2) is 5.74. The minimum atomic E-state index is -0.134. The first-order valence-corrected chi connectivity index (χ1v) is 8.10. The minimum absolute atomic E-state index is 0.0859. The lowest BCUT2D eigenvalue weighted by Gasteiger charge is -2.10. The lowest BCUT2D eigenvalue weighted by Crippen LogP contribution is -2.23. The molecule has 0 aliphatic carbocycles. The van der Waals surface area contributed by atoms with Crippen molar-refractivity contribution < 1.29 is 19.0 Å². The molecular formula is C19H19NO4. The number of fused-ring (bicyclic) bond motifs is 2. The zero-order valence-corrected chi connectivity index (χ0v) is 13.7. The van der Waals surface area contributed by atoms with Gasteiger partial charge in [0.2, 0.25) is 6.79 Å². The van der Waals surface area contributed by atoms with E-state index in [4.69, 9.17) is 14.2 Å². The zero-order valence-electron chi connectivity index (χ0n) is 13.7. The molecule has 2 aliphatic rings. The number of rotatable bonds is 3. The number of hydrogen-bond donors (Lipinski definition) is 1. The Morgan fingerprint density at radius 3 is 2.88 bits per heavy atom. The van der Waals surface area contributed by atoms with Crippen LogP contribution >= 0.6 is 0 Å². The molecule has 4 rings (SSSR count). The topological polar surface area (TPSA) is 56.8 Å². The van der Waals surface area contributed by atoms with Crippen molar-refractivity contribution in [2.45, 2.75) is 32.4 Å². The molecule has 5 heteroatoms. The first kappa shape index (κ1) is 14.9. The summed E-state index contributed by atoms with van der Waals surface area (Å²) in [7, 11) is 0. The van der Waals surface area contributed by atoms with Gasteiger partial charge < -0.3 is 19.5 Å². The summed E-state index contributed by atoms with van der Waals surface area (Å²) in [5, 5.41) is 2.95. The van der Waals surface area contributed by atoms with E-state index in [2.05, 4.69) is 12.2 Å². The molecule has 24 heavy (non-hydrogen) atoms. The van der Waals surface area contributed by atoms with Crippen molar-refractivity contribution in [3.8, 4) is 17.2 Å². The van der Waals surface area contributed by atoms with E-state index < -0.39 is 0 Å². The number of carbonyl (C=O) groups is 1. The molecule has 0 fully saturated rings. The summed E-state index contributed by atoms with van der Waals surface area (Å²) in [5.74, 6) is 2.32. The second-order valence-corrected chi connectivity index (χ2v) is 6.21. The minimum Gasteiger partial charge on any atom is -0.489 e. The van der Waals surface area contributed by atoms with Crippen LogP contribution in [0.5, 0.6) is 17.2 Å². The average molecular weight is 325 g/mol. The number of carbonyl (C=O) groups excluding carboxylic acids is 1. The van der Waals surface area contributed by atoms with E-state index >= 15 is 0 Å². The molecule has 0 unspecified atom stereocenters. The third kappa shape index (κ3) is 2.46. The monoisotopic (exact) mass is 325 g/mol. The Kier molecular flexibility index (Phi) is 3.56. The maximum Gasteiger partial charge on any atom is 0.255 e. The van der Waals surface area contributed by atoms with Crippen LogP contribution in [-0.2, 0) is 6.54 Å². The van der Waals surface area contributed by atoms with E-state index in [1.807, 2.05) is 37.3 Å². The van der Waals surface area contributed by atoms with Gasteiger partial charge in [0.25, 0.3) is 5.91 Å². The van der Waals surface area contributed by atoms with Gasteiger partial charge in [0.05, 0.1) is 5.56 Å². The first-order chi connectivity index (χ1) is 11.6. The third-order valence-electron chi connectivity index (χ3n) is 4.68. The predicted octanol–water partition coefficient (Wildman–Crippen LogP) is 3.23. The van der Waals surface area contributed by atoms with Crippen LogP contribution in [0.2, 0.25) is 0 Å². The summed E-state index contributed by atoms with van der Waals surface area (Å²) in [4.78, 5) is 12.6. The van der Waals surface area contributed by atoms with E-state index in [0.717, 1.165) is 16.9 Å². The summed E-state index contributed by atoms with van der Waals surface area (Å²) in [5.41, 5.74) is 2.64. The normalized spacial score (nSPS) is 20.4. The number of ether oxygens (including phenoxy) is 3. The Hall–Kier alpha value is -2.69. The molecule has 0 bridgehead atoms. The molecule has 1 amide bonds. The predicted molar refractivity (Wildman–Crippen MR) is 88.7 cm³/mol. The summed E-state index contributed by atoms with van der Waals surface area (Å²) in [6.45, 7) is 4.81. The molecule has 1 N–H and O–H groups in total. The lowest BCUT2D eigenvalue weighted by molar-refractivity contribution is 0.0946. The van der Waals surface area contributed by atoms with Crippen LogP contribution in [0.25, 0.3) is 0 Å². The van der Waals surface area contributed by atoms with E-state index in [-0.39, 0.29) is 18.8 Å². The largest absolute Gasteiger partial charge is 0.489 e. The van der Waals surface area contributed by atoms with Gasteiger partial charge in [-0.1, -0.05) is 25.1 Å². The summed E-state index contributed by atoms with van der Waals surface area (Å²) < 4.78 is 16.5. The fraction of sp³-hybridized carbons (Fsp3) is 0.316. The molecule has 0 radical (unpaired) electrons. The Morgan fingerprint density at radius 2 is 2.00 bits per heavy atom. The van der Waals surface area contributed by atoms with Gasteiger partial charge in [0.1, 0.15) is 11.9 Å². The Balaban J connectivity index is 1.50. The second-order valence-electron chi connectivity index (χ2n) is 6.21. The van der Waals surface area contributed by atoms with Crippen molar-refractivity contribution in [1.29, 1.82) is 0 Å². The number of hydrogen-bond acceptors (Lipinski definition) is 4. The molecule has 124 valence electrons. The molecule has 2 aliphatic heterocycles. The number of para-hydroxylation sites is 1. The van der Waals surface area contributed by atoms with Gasteiger partial charge in [-0.2, -0.15) is 0 Å². The van der Waals surface area contributed by atoms with Crippen molar-refractivity contribution in [2.75, 3.05) is 6.79 Å². The molecular weight excluding hydrogens is 306 g/mol. The highest BCUT2D eigenvalue weighted by atomic mass is 16.7. The molecule has 0 saturated carbocycles. The van der Waals surface area contributed by atoms with E-state index in [9.17, 15) is 4.79 Å². The van der Waals surface area contributed by atoms with Gasteiger partial charge in [0, 0.05) is 18.0 Å². The van der Waals surface area contributed by atoms with Crippen molar-refractivity contribution in [2.24, 2.45) is 0 Å². The summed E-state index contributed by atoms with van der Waals surface area (Å²) >= 11 is 0. The molecule has 0 aromatic heterocycles. The number of amides is 1. The third-order valence-corrected chi connectivity index (χ3v) is 4.68. The van der Waals surface area contributed by atoms with Gasteiger partial charge in [-0.15, -0.1) is 0 Å². The highest BCUT2D eigenvalue weighted by Crippen LogP contribution is 2.40. The molecule has 5 nitrogen and oxygen atoms in total. The summed E-state index contributed by atoms with van der Waals surface area (Å²) in [6, 6.07) is 11.4. The first-order valence-electron chi connectivity index (χ1n) is 8.10. The zero-order chi connectivity index (χ0) is 16.7. The molecule has 2 atom stereocenters. The lowest BCUT2D eigenvalue weighted by atomic mass is 9.97. The highest BCUT2D eigenvalue weighted by molar-refractivity contribution is 5.97. The maximum absolute atomic E-state index is 12.6. The fourth-order valence-corrected chi connectivity index (χ4v) is 3.09. The Morgan fingerprint density at radius 1 is 1.17 bits per heavy atom. The van der Waals surface area contributed by atoms with Crippen LogP contribution in [0.1, 0.15) is 41.3 Å². The molecule has 0 saturated heterocycles. The van der Waals surface area contributed by atoms with E-state index in [1.54, 1.807) is 6.07 Å². The maximum atomic E-state index is 12.6. The quantitative estimate of drug-likeness (QED) is 0.941. The van der Waals surface area contributed by atoms with E-state index in [1.165, 1.54) is 0 Å². The van der Waals surface area contributed by atoms with Gasteiger partial charge in [-0.05, 0) is 30.7 Å². The van der Waals surface area contributed by atoms with Crippen LogP contribution in [0.4, 0.5) is 0 Å². The Labute approximate surface area is 140 Å². The van der Waals surface area contributed by atoms with Crippen LogP contribution < -0.4 is 19.5 Å². The fourth-order valence-electron chi connectivity index (χ4n) is 3.09. The summed E-state index contributed by atoms with van der Waals surface area (Å²) in [6.07, 6.45) is 0.0859. The average Bonchev–Trinajstić information content (AvgIpc) is 3.17. The van der Waals surface area contributed by atoms with Crippen LogP contribution in [0.15, 0.2) is 36.4 Å². The van der Waals surface area contributed by atoms with Crippen molar-refractivity contribution in [3.05, 3.63) is 53.1 Å². The molecule has 2 aromatic rings. The van der Waals surface area contributed by atoms with Gasteiger partial charge in [-0.25, -0.2) is 0 Å². The van der Waals surface area contributed by atoms with Gasteiger partial charge in [-0.3, -0.25) is 4.79 Å². The molecule has 2 aromatic carbocycles. The molecule has 2 heterocycles. The number of benzene rings is 2. The van der Waals surface area contributed by atoms with Gasteiger partial charge in [0.15, 0.2) is 11.5 Å². The van der Waals surface area contributed by atoms with Gasteiger partial charge >= 0.3 is 0 Å². The Bertz CT molecular complexity index is 802. The van der Waals surface area contributed by atoms with Crippen molar-refractivity contribution in [3.63, 3.8) is 0 Å². The van der Waals surface area contributed by atoms with E-state index in [0.29, 0.717) is 29.5 Å². The standard InChI is InChI=1S/C19H19NO4/c1-11-12(2)24-18-14(11)4-3-5-15(18)19(21)20-9-13-6-7-16-17(8-13)23-10-22-16/h3-8,11-12H,9-10H2,1-2H3,(H,20,21)/t11-,12-/m0/s1. The number of nitrogens with one attached hydrogen (secondary N) is 1.